The van der Waals surface area contributed by atoms with E-state index in [9.17, 15) is 9.59 Å². The molecule has 6 heteroatoms. The van der Waals surface area contributed by atoms with Gasteiger partial charge >= 0.3 is 0 Å². The lowest BCUT2D eigenvalue weighted by atomic mass is 10.1. The molecule has 2 aromatic heterocycles. The Hall–Kier alpha value is -3.67. The van der Waals surface area contributed by atoms with Gasteiger partial charge < -0.3 is 15.6 Å². The second-order valence-corrected chi connectivity index (χ2v) is 6.24. The normalized spacial score (nSPS) is 10.9. The highest BCUT2D eigenvalue weighted by Crippen LogP contribution is 2.28. The summed E-state index contributed by atoms with van der Waals surface area (Å²) in [4.78, 5) is 31.9. The summed E-state index contributed by atoms with van der Waals surface area (Å²) in [6, 6.07) is 14.8. The Kier molecular flexibility index (Phi) is 4.30. The number of rotatable bonds is 4. The van der Waals surface area contributed by atoms with E-state index in [0.29, 0.717) is 17.7 Å². The van der Waals surface area contributed by atoms with Crippen LogP contribution in [0.1, 0.15) is 26.3 Å². The standard InChI is InChI=1S/C21H18N4O2/c1-22-21(27)17-6-2-5-16-15-8-7-14(10-18(15)25-19(16)17)20(26)24-12-13-4-3-9-23-11-13/h2-11,25H,12H2,1H3,(H,22,27)(H,24,26). The zero-order chi connectivity index (χ0) is 18.8. The molecule has 0 aliphatic rings. The lowest BCUT2D eigenvalue weighted by molar-refractivity contribution is 0.0947. The number of carbonyl (C=O) groups is 2. The Balaban J connectivity index is 1.66. The number of fused-ring (bicyclic) bond motifs is 3. The van der Waals surface area contributed by atoms with Crippen LogP contribution in [0.5, 0.6) is 0 Å². The Labute approximate surface area is 155 Å². The van der Waals surface area contributed by atoms with Gasteiger partial charge in [-0.25, -0.2) is 0 Å². The largest absolute Gasteiger partial charge is 0.355 e. The molecule has 2 heterocycles. The van der Waals surface area contributed by atoms with Crippen LogP contribution in [-0.4, -0.2) is 28.8 Å². The lowest BCUT2D eigenvalue weighted by Gasteiger charge is -2.05. The molecule has 27 heavy (non-hydrogen) atoms. The average Bonchev–Trinajstić information content (AvgIpc) is 3.10. The number of amides is 2. The Morgan fingerprint density at radius 1 is 1.04 bits per heavy atom. The fourth-order valence-electron chi connectivity index (χ4n) is 3.18. The van der Waals surface area contributed by atoms with Gasteiger partial charge in [0.05, 0.1) is 11.1 Å². The van der Waals surface area contributed by atoms with Crippen LogP contribution in [0.3, 0.4) is 0 Å². The van der Waals surface area contributed by atoms with Gasteiger partial charge in [-0.15, -0.1) is 0 Å². The molecule has 4 rings (SSSR count). The van der Waals surface area contributed by atoms with Crippen molar-refractivity contribution in [3.05, 3.63) is 77.6 Å². The predicted octanol–water partition coefficient (Wildman–Crippen LogP) is 3.01. The topological polar surface area (TPSA) is 86.9 Å². The van der Waals surface area contributed by atoms with E-state index in [1.54, 1.807) is 31.6 Å². The van der Waals surface area contributed by atoms with Crippen LogP contribution in [0.2, 0.25) is 0 Å². The van der Waals surface area contributed by atoms with Crippen molar-refractivity contribution in [2.24, 2.45) is 0 Å². The molecule has 134 valence electrons. The predicted molar refractivity (Wildman–Crippen MR) is 105 cm³/mol. The number of hydrogen-bond donors (Lipinski definition) is 3. The first-order valence-electron chi connectivity index (χ1n) is 8.61. The van der Waals surface area contributed by atoms with Crippen molar-refractivity contribution in [1.29, 1.82) is 0 Å². The van der Waals surface area contributed by atoms with Crippen LogP contribution >= 0.6 is 0 Å². The molecule has 2 aromatic carbocycles. The van der Waals surface area contributed by atoms with Gasteiger partial charge in [0.1, 0.15) is 0 Å². The molecule has 6 nitrogen and oxygen atoms in total. The first kappa shape index (κ1) is 16.8. The molecule has 0 radical (unpaired) electrons. The molecule has 0 fully saturated rings. The summed E-state index contributed by atoms with van der Waals surface area (Å²) in [5.74, 6) is -0.312. The molecular weight excluding hydrogens is 340 g/mol. The maximum atomic E-state index is 12.5. The minimum absolute atomic E-state index is 0.151. The molecule has 4 aromatic rings. The quantitative estimate of drug-likeness (QED) is 0.524. The second kappa shape index (κ2) is 6.92. The fraction of sp³-hybridized carbons (Fsp3) is 0.0952. The highest BCUT2D eigenvalue weighted by Gasteiger charge is 2.14. The van der Waals surface area contributed by atoms with E-state index in [2.05, 4.69) is 20.6 Å². The highest BCUT2D eigenvalue weighted by molar-refractivity contribution is 6.15. The number of nitrogens with one attached hydrogen (secondary N) is 3. The maximum absolute atomic E-state index is 12.5. The zero-order valence-corrected chi connectivity index (χ0v) is 14.7. The third-order valence-corrected chi connectivity index (χ3v) is 4.54. The lowest BCUT2D eigenvalue weighted by Crippen LogP contribution is -2.22. The summed E-state index contributed by atoms with van der Waals surface area (Å²) in [7, 11) is 1.61. The first-order chi connectivity index (χ1) is 13.2. The van der Waals surface area contributed by atoms with Crippen LogP contribution in [0.25, 0.3) is 21.8 Å². The number of hydrogen-bond acceptors (Lipinski definition) is 3. The number of aromatic nitrogens is 2. The molecule has 2 amide bonds. The summed E-state index contributed by atoms with van der Waals surface area (Å²) in [5.41, 5.74) is 3.65. The van der Waals surface area contributed by atoms with Crippen LogP contribution in [0.15, 0.2) is 60.9 Å². The number of para-hydroxylation sites is 1. The van der Waals surface area contributed by atoms with Crippen molar-refractivity contribution < 1.29 is 9.59 Å². The second-order valence-electron chi connectivity index (χ2n) is 6.24. The van der Waals surface area contributed by atoms with E-state index in [0.717, 1.165) is 27.4 Å². The van der Waals surface area contributed by atoms with Crippen molar-refractivity contribution in [2.75, 3.05) is 7.05 Å². The van der Waals surface area contributed by atoms with Gasteiger partial charge in [-0.1, -0.05) is 24.3 Å². The van der Waals surface area contributed by atoms with E-state index in [4.69, 9.17) is 0 Å². The zero-order valence-electron chi connectivity index (χ0n) is 14.7. The molecule has 0 aliphatic carbocycles. The minimum atomic E-state index is -0.161. The molecule has 0 spiro atoms. The Morgan fingerprint density at radius 3 is 2.70 bits per heavy atom. The molecule has 0 saturated heterocycles. The van der Waals surface area contributed by atoms with Gasteiger partial charge in [-0.3, -0.25) is 14.6 Å². The molecule has 0 unspecified atom stereocenters. The van der Waals surface area contributed by atoms with E-state index in [1.807, 2.05) is 36.4 Å². The number of nitrogens with zero attached hydrogens (tertiary/aromatic N) is 1. The molecule has 0 atom stereocenters. The van der Waals surface area contributed by atoms with Gasteiger partial charge in [0.25, 0.3) is 11.8 Å². The average molecular weight is 358 g/mol. The smallest absolute Gasteiger partial charge is 0.253 e. The molecule has 0 bridgehead atoms. The van der Waals surface area contributed by atoms with Crippen LogP contribution in [-0.2, 0) is 6.54 Å². The van der Waals surface area contributed by atoms with Crippen LogP contribution < -0.4 is 10.6 Å². The summed E-state index contributed by atoms with van der Waals surface area (Å²) < 4.78 is 0. The van der Waals surface area contributed by atoms with E-state index in [1.165, 1.54) is 0 Å². The van der Waals surface area contributed by atoms with E-state index < -0.39 is 0 Å². The summed E-state index contributed by atoms with van der Waals surface area (Å²) >= 11 is 0. The Morgan fingerprint density at radius 2 is 1.93 bits per heavy atom. The third-order valence-electron chi connectivity index (χ3n) is 4.54. The van der Waals surface area contributed by atoms with Crippen molar-refractivity contribution in [3.63, 3.8) is 0 Å². The number of benzene rings is 2. The van der Waals surface area contributed by atoms with Gasteiger partial charge in [-0.05, 0) is 29.8 Å². The van der Waals surface area contributed by atoms with Gasteiger partial charge in [-0.2, -0.15) is 0 Å². The summed E-state index contributed by atoms with van der Waals surface area (Å²) in [5, 5.41) is 7.47. The third kappa shape index (κ3) is 3.13. The highest BCUT2D eigenvalue weighted by atomic mass is 16.2. The first-order valence-corrected chi connectivity index (χ1v) is 8.61. The Bertz CT molecular complexity index is 1150. The van der Waals surface area contributed by atoms with Crippen molar-refractivity contribution >= 4 is 33.6 Å². The van der Waals surface area contributed by atoms with E-state index in [-0.39, 0.29) is 11.8 Å². The maximum Gasteiger partial charge on any atom is 0.253 e. The van der Waals surface area contributed by atoms with Gasteiger partial charge in [0.15, 0.2) is 0 Å². The van der Waals surface area contributed by atoms with Crippen LogP contribution in [0.4, 0.5) is 0 Å². The summed E-state index contributed by atoms with van der Waals surface area (Å²) in [6.07, 6.45) is 3.42. The number of pyridine rings is 1. The fourth-order valence-corrected chi connectivity index (χ4v) is 3.18. The molecular formula is C21H18N4O2. The number of H-pyrrole nitrogens is 1. The van der Waals surface area contributed by atoms with Crippen molar-refractivity contribution in [1.82, 2.24) is 20.6 Å². The van der Waals surface area contributed by atoms with Crippen LogP contribution in [0, 0.1) is 0 Å². The minimum Gasteiger partial charge on any atom is -0.355 e. The van der Waals surface area contributed by atoms with Gasteiger partial charge in [0.2, 0.25) is 0 Å². The monoisotopic (exact) mass is 358 g/mol. The molecule has 3 N–H and O–H groups in total. The molecule has 0 saturated carbocycles. The summed E-state index contributed by atoms with van der Waals surface area (Å²) in [6.45, 7) is 0.415. The number of carbonyl (C=O) groups excluding carboxylic acids is 2. The van der Waals surface area contributed by atoms with E-state index >= 15 is 0 Å². The number of aromatic amines is 1. The molecule has 0 aliphatic heterocycles. The SMILES string of the molecule is CNC(=O)c1cccc2c1[nH]c1cc(C(=O)NCc3cccnc3)ccc12. The van der Waals surface area contributed by atoms with Gasteiger partial charge in [0, 0.05) is 47.8 Å². The van der Waals surface area contributed by atoms with Crippen molar-refractivity contribution in [3.8, 4) is 0 Å². The van der Waals surface area contributed by atoms with Crippen molar-refractivity contribution in [2.45, 2.75) is 6.54 Å².